The molecule has 1 atom stereocenters. The molecular formula is C14H19N3O3. The third-order valence-electron chi connectivity index (χ3n) is 3.56. The van der Waals surface area contributed by atoms with Gasteiger partial charge in [0.15, 0.2) is 5.84 Å². The van der Waals surface area contributed by atoms with Crippen LogP contribution in [-0.4, -0.2) is 48.2 Å². The van der Waals surface area contributed by atoms with Crippen LogP contribution in [0.15, 0.2) is 29.4 Å². The van der Waals surface area contributed by atoms with E-state index in [1.807, 2.05) is 19.2 Å². The van der Waals surface area contributed by atoms with E-state index in [9.17, 15) is 4.79 Å². The first kappa shape index (κ1) is 14.3. The Hall–Kier alpha value is -2.08. The molecule has 0 radical (unpaired) electrons. The molecule has 1 aromatic rings. The van der Waals surface area contributed by atoms with Gasteiger partial charge in [-0.15, -0.1) is 0 Å². The van der Waals surface area contributed by atoms with Crippen molar-refractivity contribution in [2.75, 3.05) is 20.3 Å². The minimum absolute atomic E-state index is 0.0584. The van der Waals surface area contributed by atoms with Crippen molar-refractivity contribution in [3.8, 4) is 0 Å². The van der Waals surface area contributed by atoms with Crippen molar-refractivity contribution in [2.24, 2.45) is 10.9 Å². The van der Waals surface area contributed by atoms with Crippen LogP contribution in [-0.2, 0) is 16.0 Å². The largest absolute Gasteiger partial charge is 0.409 e. The number of nitrogens with two attached hydrogens (primary N) is 1. The number of oxime groups is 1. The molecule has 1 unspecified atom stereocenters. The molecule has 3 N–H and O–H groups in total. The smallest absolute Gasteiger partial charge is 0.227 e. The second-order valence-corrected chi connectivity index (χ2v) is 4.88. The molecule has 0 aliphatic carbocycles. The molecule has 1 saturated heterocycles. The van der Waals surface area contributed by atoms with Gasteiger partial charge in [0.25, 0.3) is 0 Å². The second-order valence-electron chi connectivity index (χ2n) is 4.88. The summed E-state index contributed by atoms with van der Waals surface area (Å²) < 4.78 is 5.29. The zero-order valence-electron chi connectivity index (χ0n) is 11.5. The van der Waals surface area contributed by atoms with Crippen LogP contribution in [0, 0.1) is 0 Å². The standard InChI is InChI=1S/C14H19N3O3/c1-17(12-6-7-20-9-12)13(18)8-10-2-4-11(5-3-10)14(15)16-19/h2-5,12,19H,6-9H2,1H3,(H2,15,16). The van der Waals surface area contributed by atoms with Crippen molar-refractivity contribution in [1.29, 1.82) is 0 Å². The Kier molecular flexibility index (Phi) is 4.57. The highest BCUT2D eigenvalue weighted by atomic mass is 16.5. The van der Waals surface area contributed by atoms with Crippen LogP contribution in [0.25, 0.3) is 0 Å². The fourth-order valence-electron chi connectivity index (χ4n) is 2.18. The van der Waals surface area contributed by atoms with Gasteiger partial charge in [0, 0.05) is 19.2 Å². The fraction of sp³-hybridized carbons (Fsp3) is 0.429. The number of amides is 1. The molecule has 1 heterocycles. The maximum Gasteiger partial charge on any atom is 0.227 e. The maximum absolute atomic E-state index is 12.2. The topological polar surface area (TPSA) is 88.2 Å². The lowest BCUT2D eigenvalue weighted by molar-refractivity contribution is -0.131. The summed E-state index contributed by atoms with van der Waals surface area (Å²) in [6.45, 7) is 1.33. The minimum Gasteiger partial charge on any atom is -0.409 e. The van der Waals surface area contributed by atoms with E-state index >= 15 is 0 Å². The third-order valence-corrected chi connectivity index (χ3v) is 3.56. The van der Waals surface area contributed by atoms with Gasteiger partial charge in [-0.2, -0.15) is 0 Å². The number of hydrogen-bond donors (Lipinski definition) is 2. The van der Waals surface area contributed by atoms with Crippen molar-refractivity contribution in [1.82, 2.24) is 4.90 Å². The number of carbonyl (C=O) groups is 1. The monoisotopic (exact) mass is 277 g/mol. The molecule has 0 bridgehead atoms. The van der Waals surface area contributed by atoms with Crippen LogP contribution in [0.3, 0.4) is 0 Å². The Morgan fingerprint density at radius 1 is 1.50 bits per heavy atom. The molecule has 2 rings (SSSR count). The number of benzene rings is 1. The summed E-state index contributed by atoms with van der Waals surface area (Å²) in [7, 11) is 1.81. The van der Waals surface area contributed by atoms with Gasteiger partial charge in [0.1, 0.15) is 0 Å². The van der Waals surface area contributed by atoms with Gasteiger partial charge in [-0.25, -0.2) is 0 Å². The van der Waals surface area contributed by atoms with Crippen LogP contribution in [0.1, 0.15) is 17.5 Å². The molecule has 1 aromatic carbocycles. The third kappa shape index (κ3) is 3.27. The van der Waals surface area contributed by atoms with Gasteiger partial charge < -0.3 is 20.6 Å². The van der Waals surface area contributed by atoms with E-state index in [0.29, 0.717) is 18.6 Å². The first-order valence-corrected chi connectivity index (χ1v) is 6.52. The van der Waals surface area contributed by atoms with E-state index in [0.717, 1.165) is 18.6 Å². The quantitative estimate of drug-likeness (QED) is 0.364. The lowest BCUT2D eigenvalue weighted by Gasteiger charge is -2.23. The van der Waals surface area contributed by atoms with Gasteiger partial charge in [0.05, 0.1) is 19.1 Å². The Labute approximate surface area is 117 Å². The van der Waals surface area contributed by atoms with Gasteiger partial charge in [0.2, 0.25) is 5.91 Å². The normalized spacial score (nSPS) is 19.1. The Balaban J connectivity index is 1.97. The molecule has 6 heteroatoms. The molecule has 108 valence electrons. The molecule has 20 heavy (non-hydrogen) atoms. The summed E-state index contributed by atoms with van der Waals surface area (Å²) in [5.74, 6) is 0.125. The summed E-state index contributed by atoms with van der Waals surface area (Å²) in [6.07, 6.45) is 1.23. The Bertz CT molecular complexity index is 493. The van der Waals surface area contributed by atoms with E-state index in [1.54, 1.807) is 17.0 Å². The average molecular weight is 277 g/mol. The predicted octanol–water partition coefficient (Wildman–Crippen LogP) is 0.571. The van der Waals surface area contributed by atoms with E-state index in [4.69, 9.17) is 15.7 Å². The summed E-state index contributed by atoms with van der Waals surface area (Å²) >= 11 is 0. The summed E-state index contributed by atoms with van der Waals surface area (Å²) in [4.78, 5) is 13.9. The van der Waals surface area contributed by atoms with Crippen molar-refractivity contribution >= 4 is 11.7 Å². The highest BCUT2D eigenvalue weighted by molar-refractivity contribution is 5.97. The maximum atomic E-state index is 12.2. The van der Waals surface area contributed by atoms with Crippen LogP contribution in [0.5, 0.6) is 0 Å². The van der Waals surface area contributed by atoms with Gasteiger partial charge >= 0.3 is 0 Å². The van der Waals surface area contributed by atoms with Crippen LogP contribution < -0.4 is 5.73 Å². The number of amidine groups is 1. The van der Waals surface area contributed by atoms with Crippen molar-refractivity contribution in [3.05, 3.63) is 35.4 Å². The number of likely N-dealkylation sites (N-methyl/N-ethyl adjacent to an activating group) is 1. The van der Waals surface area contributed by atoms with Crippen LogP contribution in [0.4, 0.5) is 0 Å². The zero-order chi connectivity index (χ0) is 14.5. The highest BCUT2D eigenvalue weighted by Gasteiger charge is 2.23. The first-order valence-electron chi connectivity index (χ1n) is 6.52. The SMILES string of the molecule is CN(C(=O)Cc1ccc(/C(N)=N/O)cc1)C1CCOC1. The van der Waals surface area contributed by atoms with E-state index in [-0.39, 0.29) is 17.8 Å². The second kappa shape index (κ2) is 6.38. The Morgan fingerprint density at radius 3 is 2.75 bits per heavy atom. The van der Waals surface area contributed by atoms with Crippen molar-refractivity contribution < 1.29 is 14.7 Å². The average Bonchev–Trinajstić information content (AvgIpc) is 3.00. The number of ether oxygens (including phenoxy) is 1. The molecule has 0 aromatic heterocycles. The lowest BCUT2D eigenvalue weighted by atomic mass is 10.1. The molecule has 1 aliphatic heterocycles. The molecule has 1 aliphatic rings. The number of rotatable bonds is 4. The van der Waals surface area contributed by atoms with E-state index < -0.39 is 0 Å². The molecule has 0 spiro atoms. The van der Waals surface area contributed by atoms with Crippen LogP contribution in [0.2, 0.25) is 0 Å². The predicted molar refractivity (Wildman–Crippen MR) is 74.7 cm³/mol. The summed E-state index contributed by atoms with van der Waals surface area (Å²) in [5.41, 5.74) is 7.01. The number of carbonyl (C=O) groups excluding carboxylic acids is 1. The zero-order valence-corrected chi connectivity index (χ0v) is 11.5. The van der Waals surface area contributed by atoms with Gasteiger partial charge in [-0.05, 0) is 12.0 Å². The van der Waals surface area contributed by atoms with Gasteiger partial charge in [-0.1, -0.05) is 29.4 Å². The van der Waals surface area contributed by atoms with E-state index in [1.165, 1.54) is 0 Å². The minimum atomic E-state index is 0.0584. The lowest BCUT2D eigenvalue weighted by Crippen LogP contribution is -2.38. The summed E-state index contributed by atoms with van der Waals surface area (Å²) in [5, 5.41) is 11.5. The van der Waals surface area contributed by atoms with Crippen LogP contribution >= 0.6 is 0 Å². The number of nitrogens with zero attached hydrogens (tertiary/aromatic N) is 2. The molecule has 1 fully saturated rings. The van der Waals surface area contributed by atoms with E-state index in [2.05, 4.69) is 5.16 Å². The Morgan fingerprint density at radius 2 is 2.20 bits per heavy atom. The van der Waals surface area contributed by atoms with Crippen molar-refractivity contribution in [3.63, 3.8) is 0 Å². The molecule has 1 amide bonds. The molecule has 6 nitrogen and oxygen atoms in total. The molecular weight excluding hydrogens is 258 g/mol. The highest BCUT2D eigenvalue weighted by Crippen LogP contribution is 2.13. The first-order chi connectivity index (χ1) is 9.61. The number of hydrogen-bond acceptors (Lipinski definition) is 4. The summed E-state index contributed by atoms with van der Waals surface area (Å²) in [6, 6.07) is 7.26. The van der Waals surface area contributed by atoms with Crippen molar-refractivity contribution in [2.45, 2.75) is 18.9 Å². The molecule has 0 saturated carbocycles. The fourth-order valence-corrected chi connectivity index (χ4v) is 2.18. The van der Waals surface area contributed by atoms with Gasteiger partial charge in [-0.3, -0.25) is 4.79 Å².